The Hall–Kier alpha value is -2.20. The van der Waals surface area contributed by atoms with Crippen molar-refractivity contribution in [2.45, 2.75) is 50.1 Å². The molecule has 0 radical (unpaired) electrons. The fraction of sp³-hybridized carbons (Fsp3) is 0.611. The molecule has 0 saturated carbocycles. The third kappa shape index (κ3) is 3.46. The average molecular weight is 407 g/mol. The fourth-order valence-electron chi connectivity index (χ4n) is 3.65. The minimum Gasteiger partial charge on any atom is -0.370 e. The molecule has 0 bridgehead atoms. The maximum absolute atomic E-state index is 13.0. The predicted molar refractivity (Wildman–Crippen MR) is 105 cm³/mol. The Morgan fingerprint density at radius 3 is 2.57 bits per heavy atom. The second-order valence-electron chi connectivity index (χ2n) is 7.78. The van der Waals surface area contributed by atoms with Crippen LogP contribution in [0.5, 0.6) is 0 Å². The van der Waals surface area contributed by atoms with E-state index in [0.29, 0.717) is 18.8 Å². The van der Waals surface area contributed by atoms with E-state index in [9.17, 15) is 13.2 Å². The summed E-state index contributed by atoms with van der Waals surface area (Å²) in [7, 11) is -3.68. The SMILES string of the molecule is CC(C)c1ncc(S(=O)(=O)N2CCC[C@H](n3ncc(N4CCC4)cc3=O)C2)[nH]1. The smallest absolute Gasteiger partial charge is 0.269 e. The van der Waals surface area contributed by atoms with Gasteiger partial charge in [-0.2, -0.15) is 9.40 Å². The minimum absolute atomic E-state index is 0.102. The predicted octanol–water partition coefficient (Wildman–Crippen LogP) is 1.33. The molecule has 0 unspecified atom stereocenters. The topological polar surface area (TPSA) is 104 Å². The number of nitrogens with one attached hydrogen (secondary N) is 1. The number of hydrogen-bond donors (Lipinski definition) is 1. The van der Waals surface area contributed by atoms with E-state index in [4.69, 9.17) is 0 Å². The van der Waals surface area contributed by atoms with Gasteiger partial charge in [0.1, 0.15) is 5.82 Å². The number of piperidine rings is 1. The molecule has 10 heteroatoms. The zero-order valence-corrected chi connectivity index (χ0v) is 17.0. The third-order valence-corrected chi connectivity index (χ3v) is 7.25. The van der Waals surface area contributed by atoms with E-state index in [0.717, 1.165) is 31.6 Å². The molecule has 2 saturated heterocycles. The van der Waals surface area contributed by atoms with Gasteiger partial charge in [-0.1, -0.05) is 13.8 Å². The van der Waals surface area contributed by atoms with Gasteiger partial charge in [0.25, 0.3) is 15.6 Å². The fourth-order valence-corrected chi connectivity index (χ4v) is 5.09. The first-order valence-corrected chi connectivity index (χ1v) is 11.2. The van der Waals surface area contributed by atoms with Crippen molar-refractivity contribution >= 4 is 15.7 Å². The van der Waals surface area contributed by atoms with Gasteiger partial charge >= 0.3 is 0 Å². The summed E-state index contributed by atoms with van der Waals surface area (Å²) in [5.41, 5.74) is 0.656. The summed E-state index contributed by atoms with van der Waals surface area (Å²) in [5, 5.41) is 4.44. The molecule has 0 aromatic carbocycles. The summed E-state index contributed by atoms with van der Waals surface area (Å²) in [6, 6.07) is 1.33. The van der Waals surface area contributed by atoms with E-state index in [1.165, 1.54) is 15.2 Å². The van der Waals surface area contributed by atoms with Crippen molar-refractivity contribution in [2.24, 2.45) is 0 Å². The first kappa shape index (κ1) is 19.1. The largest absolute Gasteiger partial charge is 0.370 e. The molecule has 1 N–H and O–H groups in total. The van der Waals surface area contributed by atoms with Gasteiger partial charge in [0, 0.05) is 38.2 Å². The van der Waals surface area contributed by atoms with Crippen LogP contribution in [0.15, 0.2) is 28.3 Å². The number of imidazole rings is 1. The van der Waals surface area contributed by atoms with E-state index < -0.39 is 10.0 Å². The number of sulfonamides is 1. The highest BCUT2D eigenvalue weighted by atomic mass is 32.2. The molecule has 2 fully saturated rings. The van der Waals surface area contributed by atoms with Crippen molar-refractivity contribution in [1.29, 1.82) is 0 Å². The molecule has 0 aliphatic carbocycles. The van der Waals surface area contributed by atoms with Crippen LogP contribution in [0.1, 0.15) is 50.9 Å². The Bertz CT molecular complexity index is 1010. The first-order valence-electron chi connectivity index (χ1n) is 9.75. The minimum atomic E-state index is -3.68. The molecule has 2 aliphatic rings. The molecule has 4 rings (SSSR count). The Labute approximate surface area is 164 Å². The van der Waals surface area contributed by atoms with Gasteiger partial charge in [0.05, 0.1) is 24.1 Å². The third-order valence-electron chi connectivity index (χ3n) is 5.47. The van der Waals surface area contributed by atoms with E-state index in [2.05, 4.69) is 20.0 Å². The lowest BCUT2D eigenvalue weighted by Crippen LogP contribution is -2.44. The van der Waals surface area contributed by atoms with Crippen molar-refractivity contribution < 1.29 is 8.42 Å². The van der Waals surface area contributed by atoms with Gasteiger partial charge in [0.2, 0.25) is 0 Å². The van der Waals surface area contributed by atoms with Crippen molar-refractivity contribution in [1.82, 2.24) is 24.1 Å². The monoisotopic (exact) mass is 406 g/mol. The summed E-state index contributed by atoms with van der Waals surface area (Å²) in [4.78, 5) is 21.8. The second-order valence-corrected chi connectivity index (χ2v) is 9.69. The van der Waals surface area contributed by atoms with Gasteiger partial charge in [-0.05, 0) is 19.3 Å². The molecule has 0 spiro atoms. The maximum Gasteiger partial charge on any atom is 0.269 e. The van der Waals surface area contributed by atoms with Crippen molar-refractivity contribution in [3.63, 3.8) is 0 Å². The number of hydrogen-bond acceptors (Lipinski definition) is 6. The molecule has 2 aromatic heterocycles. The number of H-pyrrole nitrogens is 1. The number of nitrogens with zero attached hydrogens (tertiary/aromatic N) is 5. The van der Waals surface area contributed by atoms with E-state index in [-0.39, 0.29) is 29.1 Å². The van der Waals surface area contributed by atoms with Crippen LogP contribution in [0.4, 0.5) is 5.69 Å². The molecular formula is C18H26N6O3S. The van der Waals surface area contributed by atoms with Gasteiger partial charge in [-0.15, -0.1) is 0 Å². The zero-order valence-electron chi connectivity index (χ0n) is 16.2. The van der Waals surface area contributed by atoms with Crippen LogP contribution in [-0.4, -0.2) is 58.7 Å². The molecule has 152 valence electrons. The number of rotatable bonds is 5. The lowest BCUT2D eigenvalue weighted by molar-refractivity contribution is 0.247. The summed E-state index contributed by atoms with van der Waals surface area (Å²) in [5.74, 6) is 0.761. The van der Waals surface area contributed by atoms with Gasteiger partial charge < -0.3 is 9.88 Å². The summed E-state index contributed by atoms with van der Waals surface area (Å²) in [6.45, 7) is 6.46. The van der Waals surface area contributed by atoms with Crippen LogP contribution in [0.3, 0.4) is 0 Å². The van der Waals surface area contributed by atoms with Gasteiger partial charge in [-0.25, -0.2) is 18.1 Å². The molecule has 0 amide bonds. The Kier molecular flexibility index (Phi) is 5.00. The molecule has 2 aromatic rings. The van der Waals surface area contributed by atoms with Gasteiger partial charge in [0.15, 0.2) is 5.03 Å². The van der Waals surface area contributed by atoms with E-state index in [1.54, 1.807) is 12.3 Å². The van der Waals surface area contributed by atoms with Crippen LogP contribution < -0.4 is 10.5 Å². The molecular weight excluding hydrogens is 380 g/mol. The van der Waals surface area contributed by atoms with Crippen LogP contribution in [0, 0.1) is 0 Å². The van der Waals surface area contributed by atoms with Gasteiger partial charge in [-0.3, -0.25) is 4.79 Å². The summed E-state index contributed by atoms with van der Waals surface area (Å²) >= 11 is 0. The number of aromatic nitrogens is 4. The second kappa shape index (κ2) is 7.32. The highest BCUT2D eigenvalue weighted by molar-refractivity contribution is 7.89. The van der Waals surface area contributed by atoms with Crippen LogP contribution in [-0.2, 0) is 10.0 Å². The van der Waals surface area contributed by atoms with Crippen molar-refractivity contribution in [2.75, 3.05) is 31.1 Å². The lowest BCUT2D eigenvalue weighted by Gasteiger charge is -2.34. The number of aromatic amines is 1. The quantitative estimate of drug-likeness (QED) is 0.803. The highest BCUT2D eigenvalue weighted by Crippen LogP contribution is 2.26. The first-order chi connectivity index (χ1) is 13.4. The summed E-state index contributed by atoms with van der Waals surface area (Å²) < 4.78 is 28.9. The lowest BCUT2D eigenvalue weighted by atomic mass is 10.1. The standard InChI is InChI=1S/C18H26N6O3S/c1-13(2)18-19-11-16(21-18)28(26,27)23-8-3-5-14(12-23)24-17(25)9-15(10-20-24)22-6-4-7-22/h9-11,13-14H,3-8,12H2,1-2H3,(H,19,21)/t14-/m0/s1. The Balaban J connectivity index is 1.54. The Morgan fingerprint density at radius 1 is 1.18 bits per heavy atom. The normalized spacial score (nSPS) is 21.1. The molecule has 4 heterocycles. The van der Waals surface area contributed by atoms with E-state index in [1.807, 2.05) is 13.8 Å². The molecule has 1 atom stereocenters. The molecule has 2 aliphatic heterocycles. The maximum atomic E-state index is 13.0. The molecule has 28 heavy (non-hydrogen) atoms. The van der Waals surface area contributed by atoms with Crippen molar-refractivity contribution in [3.05, 3.63) is 34.6 Å². The van der Waals surface area contributed by atoms with Crippen molar-refractivity contribution in [3.8, 4) is 0 Å². The Morgan fingerprint density at radius 2 is 1.96 bits per heavy atom. The summed E-state index contributed by atoms with van der Waals surface area (Å²) in [6.07, 6.45) is 5.61. The number of anilines is 1. The van der Waals surface area contributed by atoms with Crippen LogP contribution in [0.25, 0.3) is 0 Å². The zero-order chi connectivity index (χ0) is 19.9. The highest BCUT2D eigenvalue weighted by Gasteiger charge is 2.33. The van der Waals surface area contributed by atoms with Crippen LogP contribution >= 0.6 is 0 Å². The average Bonchev–Trinajstić information content (AvgIpc) is 3.12. The van der Waals surface area contributed by atoms with Crippen LogP contribution in [0.2, 0.25) is 0 Å². The molecule has 9 nitrogen and oxygen atoms in total. The van der Waals surface area contributed by atoms with E-state index >= 15 is 0 Å².